The second-order valence-corrected chi connectivity index (χ2v) is 6.57. The van der Waals surface area contributed by atoms with Crippen molar-refractivity contribution in [2.75, 3.05) is 13.2 Å². The lowest BCUT2D eigenvalue weighted by molar-refractivity contribution is 0.0986. The molecule has 4 aromatic rings. The van der Waals surface area contributed by atoms with Crippen LogP contribution in [-0.2, 0) is 4.84 Å². The summed E-state index contributed by atoms with van der Waals surface area (Å²) < 4.78 is 16.3. The highest BCUT2D eigenvalue weighted by Crippen LogP contribution is 2.28. The van der Waals surface area contributed by atoms with Crippen LogP contribution in [0.15, 0.2) is 47.8 Å². The van der Waals surface area contributed by atoms with Crippen LogP contribution in [0.25, 0.3) is 16.6 Å². The van der Waals surface area contributed by atoms with Gasteiger partial charge in [0.15, 0.2) is 11.5 Å². The van der Waals surface area contributed by atoms with Gasteiger partial charge in [0.2, 0.25) is 0 Å². The number of aliphatic hydroxyl groups is 1. The molecule has 1 atom stereocenters. The van der Waals surface area contributed by atoms with Crippen molar-refractivity contribution in [3.05, 3.63) is 65.5 Å². The van der Waals surface area contributed by atoms with E-state index in [1.54, 1.807) is 35.8 Å². The van der Waals surface area contributed by atoms with Crippen LogP contribution in [0.4, 0.5) is 4.39 Å². The summed E-state index contributed by atoms with van der Waals surface area (Å²) in [6.07, 6.45) is 1.64. The van der Waals surface area contributed by atoms with E-state index in [0.29, 0.717) is 34.0 Å². The predicted molar refractivity (Wildman–Crippen MR) is 105 cm³/mol. The number of hydrogen-bond donors (Lipinski definition) is 1. The number of halogens is 1. The second kappa shape index (κ2) is 7.88. The highest BCUT2D eigenvalue weighted by atomic mass is 19.1. The van der Waals surface area contributed by atoms with Gasteiger partial charge in [-0.05, 0) is 36.8 Å². The lowest BCUT2D eigenvalue weighted by Crippen LogP contribution is -2.10. The number of hydrogen-bond acceptors (Lipinski definition) is 7. The fourth-order valence-corrected chi connectivity index (χ4v) is 3.08. The van der Waals surface area contributed by atoms with Gasteiger partial charge >= 0.3 is 0 Å². The molecule has 0 aliphatic heterocycles. The van der Waals surface area contributed by atoms with E-state index in [0.717, 1.165) is 5.39 Å². The van der Waals surface area contributed by atoms with Gasteiger partial charge in [-0.2, -0.15) is 9.61 Å². The van der Waals surface area contributed by atoms with Gasteiger partial charge < -0.3 is 9.94 Å². The average molecular weight is 394 g/mol. The van der Waals surface area contributed by atoms with Gasteiger partial charge in [-0.1, -0.05) is 18.1 Å². The Morgan fingerprint density at radius 1 is 1.28 bits per heavy atom. The van der Waals surface area contributed by atoms with Crippen LogP contribution in [0, 0.1) is 5.82 Å². The van der Waals surface area contributed by atoms with E-state index >= 15 is 0 Å². The third-order valence-electron chi connectivity index (χ3n) is 4.62. The maximum absolute atomic E-state index is 14.8. The van der Waals surface area contributed by atoms with Crippen LogP contribution in [0.1, 0.15) is 36.8 Å². The van der Waals surface area contributed by atoms with Crippen LogP contribution in [0.5, 0.6) is 0 Å². The van der Waals surface area contributed by atoms with Crippen LogP contribution < -0.4 is 0 Å². The summed E-state index contributed by atoms with van der Waals surface area (Å²) >= 11 is 0. The molecule has 0 aliphatic rings. The van der Waals surface area contributed by atoms with Gasteiger partial charge in [0.05, 0.1) is 12.1 Å². The first-order chi connectivity index (χ1) is 14.1. The minimum atomic E-state index is -0.389. The molecule has 0 bridgehead atoms. The molecule has 9 heteroatoms. The van der Waals surface area contributed by atoms with Crippen LogP contribution in [0.2, 0.25) is 0 Å². The van der Waals surface area contributed by atoms with Gasteiger partial charge in [0, 0.05) is 23.6 Å². The molecule has 0 aliphatic carbocycles. The molecule has 3 aromatic heterocycles. The molecule has 1 N–H and O–H groups in total. The van der Waals surface area contributed by atoms with Crippen molar-refractivity contribution in [3.63, 3.8) is 0 Å². The van der Waals surface area contributed by atoms with Gasteiger partial charge in [-0.15, -0.1) is 10.2 Å². The van der Waals surface area contributed by atoms with E-state index in [2.05, 4.69) is 25.4 Å². The van der Waals surface area contributed by atoms with E-state index in [1.165, 1.54) is 6.07 Å². The third kappa shape index (κ3) is 3.64. The fourth-order valence-electron chi connectivity index (χ4n) is 3.08. The Morgan fingerprint density at radius 3 is 2.97 bits per heavy atom. The maximum atomic E-state index is 14.8. The first-order valence-electron chi connectivity index (χ1n) is 9.13. The number of aromatic nitrogens is 5. The molecule has 0 saturated heterocycles. The SMILES string of the molecule is C/C(=N\OCCO)c1ccc2nnc([C@@H](C)c3cc4cccnc4cc3F)n2n1. The minimum Gasteiger partial charge on any atom is -0.393 e. The highest BCUT2D eigenvalue weighted by molar-refractivity contribution is 5.96. The van der Waals surface area contributed by atoms with E-state index < -0.39 is 0 Å². The Balaban J connectivity index is 1.75. The summed E-state index contributed by atoms with van der Waals surface area (Å²) in [7, 11) is 0. The third-order valence-corrected chi connectivity index (χ3v) is 4.62. The Hall–Kier alpha value is -3.46. The Labute approximate surface area is 165 Å². The van der Waals surface area contributed by atoms with E-state index in [-0.39, 0.29) is 24.9 Å². The summed E-state index contributed by atoms with van der Waals surface area (Å²) in [5.41, 5.74) is 2.73. The van der Waals surface area contributed by atoms with Crippen molar-refractivity contribution in [2.24, 2.45) is 5.16 Å². The molecule has 0 amide bonds. The Morgan fingerprint density at radius 2 is 2.14 bits per heavy atom. The lowest BCUT2D eigenvalue weighted by atomic mass is 9.98. The van der Waals surface area contributed by atoms with Crippen molar-refractivity contribution in [1.29, 1.82) is 0 Å². The number of fused-ring (bicyclic) bond motifs is 2. The average Bonchev–Trinajstić information content (AvgIpc) is 3.16. The molecule has 0 radical (unpaired) electrons. The van der Waals surface area contributed by atoms with Crippen molar-refractivity contribution in [1.82, 2.24) is 24.8 Å². The molecular weight excluding hydrogens is 375 g/mol. The number of nitrogens with zero attached hydrogens (tertiary/aromatic N) is 6. The quantitative estimate of drug-likeness (QED) is 0.307. The molecule has 8 nitrogen and oxygen atoms in total. The van der Waals surface area contributed by atoms with E-state index in [1.807, 2.05) is 19.1 Å². The number of rotatable bonds is 6. The molecule has 0 saturated carbocycles. The first kappa shape index (κ1) is 18.9. The number of aliphatic hydroxyl groups excluding tert-OH is 1. The van der Waals surface area contributed by atoms with Crippen molar-refractivity contribution >= 4 is 22.3 Å². The monoisotopic (exact) mass is 394 g/mol. The van der Waals surface area contributed by atoms with Crippen molar-refractivity contribution < 1.29 is 14.3 Å². The fraction of sp³-hybridized carbons (Fsp3) is 0.250. The van der Waals surface area contributed by atoms with Gasteiger partial charge in [-0.25, -0.2) is 4.39 Å². The van der Waals surface area contributed by atoms with Crippen molar-refractivity contribution in [3.8, 4) is 0 Å². The summed E-state index contributed by atoms with van der Waals surface area (Å²) in [4.78, 5) is 9.19. The van der Waals surface area contributed by atoms with Gasteiger partial charge in [0.1, 0.15) is 23.8 Å². The zero-order valence-electron chi connectivity index (χ0n) is 15.9. The number of pyridine rings is 1. The molecule has 0 unspecified atom stereocenters. The van der Waals surface area contributed by atoms with Crippen LogP contribution >= 0.6 is 0 Å². The predicted octanol–water partition coefficient (Wildman–Crippen LogP) is 2.70. The van der Waals surface area contributed by atoms with Crippen LogP contribution in [0.3, 0.4) is 0 Å². The summed E-state index contributed by atoms with van der Waals surface area (Å²) in [5, 5.41) is 26.5. The first-order valence-corrected chi connectivity index (χ1v) is 9.13. The molecule has 1 aromatic carbocycles. The highest BCUT2D eigenvalue weighted by Gasteiger charge is 2.21. The Kier molecular flexibility index (Phi) is 5.13. The topological polar surface area (TPSA) is 97.8 Å². The maximum Gasteiger partial charge on any atom is 0.177 e. The molecule has 148 valence electrons. The van der Waals surface area contributed by atoms with Crippen molar-refractivity contribution in [2.45, 2.75) is 19.8 Å². The van der Waals surface area contributed by atoms with Gasteiger partial charge in [-0.3, -0.25) is 4.98 Å². The summed E-state index contributed by atoms with van der Waals surface area (Å²) in [5.74, 6) is -0.236. The zero-order valence-corrected chi connectivity index (χ0v) is 15.9. The largest absolute Gasteiger partial charge is 0.393 e. The smallest absolute Gasteiger partial charge is 0.177 e. The normalized spacial score (nSPS) is 13.2. The number of oxime groups is 1. The van der Waals surface area contributed by atoms with E-state index in [9.17, 15) is 4.39 Å². The summed E-state index contributed by atoms with van der Waals surface area (Å²) in [6.45, 7) is 3.58. The molecular formula is C20H19FN6O2. The minimum absolute atomic E-state index is 0.102. The molecule has 3 heterocycles. The molecule has 29 heavy (non-hydrogen) atoms. The van der Waals surface area contributed by atoms with Crippen LogP contribution in [-0.4, -0.2) is 48.8 Å². The lowest BCUT2D eigenvalue weighted by Gasteiger charge is -2.12. The molecule has 0 fully saturated rings. The number of benzene rings is 1. The van der Waals surface area contributed by atoms with Gasteiger partial charge in [0.25, 0.3) is 0 Å². The molecule has 4 rings (SSSR count). The second-order valence-electron chi connectivity index (χ2n) is 6.57. The standard InChI is InChI=1S/C20H19FN6O2/c1-12(15-10-14-4-3-7-22-18(14)11-16(15)21)20-24-23-19-6-5-17(25-27(19)20)13(2)26-29-9-8-28/h3-7,10-12,28H,8-9H2,1-2H3/b26-13+/t12-/m0/s1. The Bertz CT molecular complexity index is 1210. The molecule has 0 spiro atoms. The van der Waals surface area contributed by atoms with E-state index in [4.69, 9.17) is 9.94 Å². The zero-order chi connectivity index (χ0) is 20.4. The summed E-state index contributed by atoms with van der Waals surface area (Å²) in [6, 6.07) is 10.4.